The summed E-state index contributed by atoms with van der Waals surface area (Å²) in [5.41, 5.74) is -0.912. The Morgan fingerprint density at radius 1 is 1.36 bits per heavy atom. The minimum Gasteiger partial charge on any atom is -0.388 e. The Bertz CT molecular complexity index is 278. The van der Waals surface area contributed by atoms with E-state index in [4.69, 9.17) is 0 Å². The molecule has 2 amide bonds. The minimum atomic E-state index is -0.912. The lowest BCUT2D eigenvalue weighted by Gasteiger charge is -2.18. The number of aliphatic hydroxyl groups is 1. The van der Waals surface area contributed by atoms with Gasteiger partial charge in [-0.05, 0) is 13.3 Å². The molecule has 6 heteroatoms. The fraction of sp³-hybridized carbons (Fsp3) is 0.625. The Hall–Kier alpha value is -1.43. The molecule has 1 heterocycles. The third-order valence-electron chi connectivity index (χ3n) is 2.01. The van der Waals surface area contributed by atoms with Crippen LogP contribution in [-0.2, 0) is 9.59 Å². The zero-order valence-corrected chi connectivity index (χ0v) is 8.13. The van der Waals surface area contributed by atoms with Crippen molar-refractivity contribution in [2.24, 2.45) is 4.99 Å². The third-order valence-corrected chi connectivity index (χ3v) is 2.01. The first kappa shape index (κ1) is 10.6. The van der Waals surface area contributed by atoms with Gasteiger partial charge in [0.25, 0.3) is 0 Å². The van der Waals surface area contributed by atoms with E-state index < -0.39 is 17.4 Å². The van der Waals surface area contributed by atoms with Crippen LogP contribution in [0.15, 0.2) is 4.99 Å². The van der Waals surface area contributed by atoms with Crippen molar-refractivity contribution < 1.29 is 14.7 Å². The van der Waals surface area contributed by atoms with E-state index in [1.165, 1.54) is 0 Å². The summed E-state index contributed by atoms with van der Waals surface area (Å²) in [6.07, 6.45) is 0.547. The zero-order chi connectivity index (χ0) is 10.8. The predicted molar refractivity (Wildman–Crippen MR) is 49.5 cm³/mol. The van der Waals surface area contributed by atoms with Crippen molar-refractivity contribution in [3.63, 3.8) is 0 Å². The molecule has 1 rings (SSSR count). The van der Waals surface area contributed by atoms with E-state index in [9.17, 15) is 14.7 Å². The highest BCUT2D eigenvalue weighted by molar-refractivity contribution is 6.45. The topological polar surface area (TPSA) is 90.8 Å². The first-order valence-electron chi connectivity index (χ1n) is 4.34. The maximum atomic E-state index is 10.7. The van der Waals surface area contributed by atoms with Gasteiger partial charge in [-0.3, -0.25) is 20.2 Å². The van der Waals surface area contributed by atoms with Gasteiger partial charge in [0.05, 0.1) is 12.1 Å². The molecule has 0 spiro atoms. The van der Waals surface area contributed by atoms with E-state index in [1.54, 1.807) is 6.92 Å². The molecule has 1 aliphatic rings. The van der Waals surface area contributed by atoms with Gasteiger partial charge in [-0.25, -0.2) is 4.99 Å². The summed E-state index contributed by atoms with van der Waals surface area (Å²) < 4.78 is 0. The van der Waals surface area contributed by atoms with Crippen molar-refractivity contribution in [3.8, 4) is 0 Å². The summed E-state index contributed by atoms with van der Waals surface area (Å²) in [6.45, 7) is 3.60. The molecule has 1 fully saturated rings. The van der Waals surface area contributed by atoms with Crippen molar-refractivity contribution in [2.75, 3.05) is 6.54 Å². The van der Waals surface area contributed by atoms with Crippen LogP contribution in [0.1, 0.15) is 20.3 Å². The average molecular weight is 199 g/mol. The molecule has 78 valence electrons. The first-order valence-corrected chi connectivity index (χ1v) is 4.34. The smallest absolute Gasteiger partial charge is 0.316 e. The van der Waals surface area contributed by atoms with E-state index in [0.717, 1.165) is 0 Å². The number of nitrogens with zero attached hydrogens (tertiary/aromatic N) is 1. The predicted octanol–water partition coefficient (Wildman–Crippen LogP) is -1.25. The van der Waals surface area contributed by atoms with E-state index >= 15 is 0 Å². The largest absolute Gasteiger partial charge is 0.388 e. The van der Waals surface area contributed by atoms with E-state index in [2.05, 4.69) is 15.6 Å². The second-order valence-electron chi connectivity index (χ2n) is 3.42. The Labute approximate surface area is 81.4 Å². The standard InChI is InChI=1S/C8H13N3O3/c1-3-8(2,14)4-9-7-10-5(12)6(13)11-7/h14H,3-4H2,1-2H3,(H2,9,10,11,12,13). The van der Waals surface area contributed by atoms with Crippen LogP contribution >= 0.6 is 0 Å². The number of hydrogen-bond donors (Lipinski definition) is 3. The molecule has 6 nitrogen and oxygen atoms in total. The molecule has 0 radical (unpaired) electrons. The molecule has 1 saturated heterocycles. The Balaban J connectivity index is 2.56. The highest BCUT2D eigenvalue weighted by Crippen LogP contribution is 2.08. The van der Waals surface area contributed by atoms with Gasteiger partial charge < -0.3 is 5.11 Å². The Morgan fingerprint density at radius 2 is 1.86 bits per heavy atom. The van der Waals surface area contributed by atoms with E-state index in [1.807, 2.05) is 6.92 Å². The number of rotatable bonds is 3. The van der Waals surface area contributed by atoms with Crippen LogP contribution in [0.5, 0.6) is 0 Å². The fourth-order valence-electron chi connectivity index (χ4n) is 0.800. The molecule has 1 unspecified atom stereocenters. The molecule has 0 saturated carbocycles. The first-order chi connectivity index (χ1) is 6.44. The van der Waals surface area contributed by atoms with Crippen molar-refractivity contribution in [1.82, 2.24) is 10.6 Å². The molecular formula is C8H13N3O3. The van der Waals surface area contributed by atoms with Crippen LogP contribution in [-0.4, -0.2) is 35.0 Å². The molecule has 1 aliphatic heterocycles. The lowest BCUT2D eigenvalue weighted by molar-refractivity contribution is -0.135. The van der Waals surface area contributed by atoms with Crippen molar-refractivity contribution in [1.29, 1.82) is 0 Å². The van der Waals surface area contributed by atoms with Crippen LogP contribution < -0.4 is 10.6 Å². The molecular weight excluding hydrogens is 186 g/mol. The van der Waals surface area contributed by atoms with E-state index in [-0.39, 0.29) is 12.5 Å². The van der Waals surface area contributed by atoms with Gasteiger partial charge in [-0.15, -0.1) is 0 Å². The quantitative estimate of drug-likeness (QED) is 0.496. The summed E-state index contributed by atoms with van der Waals surface area (Å²) in [7, 11) is 0. The van der Waals surface area contributed by atoms with Gasteiger partial charge in [0.15, 0.2) is 0 Å². The van der Waals surface area contributed by atoms with Gasteiger partial charge >= 0.3 is 11.8 Å². The number of guanidine groups is 1. The highest BCUT2D eigenvalue weighted by atomic mass is 16.3. The second kappa shape index (κ2) is 3.75. The highest BCUT2D eigenvalue weighted by Gasteiger charge is 2.26. The van der Waals surface area contributed by atoms with Crippen LogP contribution in [0, 0.1) is 0 Å². The van der Waals surface area contributed by atoms with E-state index in [0.29, 0.717) is 6.42 Å². The molecule has 0 bridgehead atoms. The van der Waals surface area contributed by atoms with Gasteiger partial charge in [-0.2, -0.15) is 0 Å². The summed E-state index contributed by atoms with van der Waals surface area (Å²) >= 11 is 0. The molecule has 14 heavy (non-hydrogen) atoms. The Kier molecular flexibility index (Phi) is 2.85. The Morgan fingerprint density at radius 3 is 2.29 bits per heavy atom. The van der Waals surface area contributed by atoms with Crippen molar-refractivity contribution in [2.45, 2.75) is 25.9 Å². The van der Waals surface area contributed by atoms with Gasteiger partial charge in [0.1, 0.15) is 0 Å². The van der Waals surface area contributed by atoms with Crippen molar-refractivity contribution in [3.05, 3.63) is 0 Å². The molecule has 0 aliphatic carbocycles. The summed E-state index contributed by atoms with van der Waals surface area (Å²) in [4.78, 5) is 25.3. The number of carbonyl (C=O) groups excluding carboxylic acids is 2. The fourth-order valence-corrected chi connectivity index (χ4v) is 0.800. The lowest BCUT2D eigenvalue weighted by Crippen LogP contribution is -2.32. The number of carbonyl (C=O) groups is 2. The molecule has 0 aromatic carbocycles. The average Bonchev–Trinajstić information content (AvgIpc) is 2.44. The zero-order valence-electron chi connectivity index (χ0n) is 8.13. The monoisotopic (exact) mass is 199 g/mol. The molecule has 3 N–H and O–H groups in total. The number of nitrogens with one attached hydrogen (secondary N) is 2. The van der Waals surface area contributed by atoms with Gasteiger partial charge in [0, 0.05) is 0 Å². The maximum absolute atomic E-state index is 10.7. The summed E-state index contributed by atoms with van der Waals surface area (Å²) in [5.74, 6) is -1.34. The maximum Gasteiger partial charge on any atom is 0.316 e. The van der Waals surface area contributed by atoms with Crippen molar-refractivity contribution >= 4 is 17.8 Å². The van der Waals surface area contributed by atoms with Crippen LogP contribution in [0.2, 0.25) is 0 Å². The molecule has 0 aromatic rings. The summed E-state index contributed by atoms with van der Waals surface area (Å²) in [5, 5.41) is 14.1. The minimum absolute atomic E-state index is 0.105. The van der Waals surface area contributed by atoms with Crippen LogP contribution in [0.4, 0.5) is 0 Å². The van der Waals surface area contributed by atoms with Gasteiger partial charge in [0.2, 0.25) is 5.96 Å². The normalized spacial score (nSPS) is 20.1. The molecule has 1 atom stereocenters. The summed E-state index contributed by atoms with van der Waals surface area (Å²) in [6, 6.07) is 0. The third kappa shape index (κ3) is 2.53. The number of aliphatic imine (C=N–C) groups is 1. The SMILES string of the molecule is CCC(C)(O)CN=C1NC(=O)C(=O)N1. The van der Waals surface area contributed by atoms with Crippen LogP contribution in [0.3, 0.4) is 0 Å². The van der Waals surface area contributed by atoms with Gasteiger partial charge in [-0.1, -0.05) is 6.92 Å². The number of hydrogen-bond acceptors (Lipinski definition) is 4. The second-order valence-corrected chi connectivity index (χ2v) is 3.42. The van der Waals surface area contributed by atoms with Crippen LogP contribution in [0.25, 0.3) is 0 Å². The lowest BCUT2D eigenvalue weighted by atomic mass is 10.1. The number of amides is 2. The molecule has 0 aromatic heterocycles.